The predicted molar refractivity (Wildman–Crippen MR) is 86.4 cm³/mol. The second kappa shape index (κ2) is 8.13. The zero-order valence-corrected chi connectivity index (χ0v) is 13.7. The van der Waals surface area contributed by atoms with Crippen LogP contribution in [0.1, 0.15) is 60.3 Å². The minimum absolute atomic E-state index is 0.164. The van der Waals surface area contributed by atoms with Gasteiger partial charge in [-0.05, 0) is 37.8 Å². The molecule has 0 aliphatic heterocycles. The van der Waals surface area contributed by atoms with Crippen LogP contribution in [-0.4, -0.2) is 17.6 Å². The lowest BCUT2D eigenvalue weighted by Crippen LogP contribution is -2.24. The SMILES string of the molecule is CCCCCC(C)(C)CNc1ncccc1OC(C)C. The summed E-state index contributed by atoms with van der Waals surface area (Å²) in [6.07, 6.45) is 7.09. The predicted octanol–water partition coefficient (Wildman–Crippen LogP) is 4.89. The highest BCUT2D eigenvalue weighted by Gasteiger charge is 2.18. The second-order valence-electron chi connectivity index (χ2n) is 6.49. The van der Waals surface area contributed by atoms with Gasteiger partial charge in [0.2, 0.25) is 0 Å². The number of rotatable bonds is 9. The fourth-order valence-electron chi connectivity index (χ4n) is 2.14. The second-order valence-corrected chi connectivity index (χ2v) is 6.49. The lowest BCUT2D eigenvalue weighted by atomic mass is 9.87. The van der Waals surface area contributed by atoms with Gasteiger partial charge in [0.05, 0.1) is 6.10 Å². The molecule has 3 nitrogen and oxygen atoms in total. The molecule has 0 aliphatic rings. The summed E-state index contributed by atoms with van der Waals surface area (Å²) in [6, 6.07) is 3.88. The molecule has 0 saturated carbocycles. The standard InChI is InChI=1S/C17H30N2O/c1-6-7-8-11-17(4,5)13-19-16-15(20-14(2)3)10-9-12-18-16/h9-10,12,14H,6-8,11,13H2,1-5H3,(H,18,19). The van der Waals surface area contributed by atoms with E-state index in [9.17, 15) is 0 Å². The Kier molecular flexibility index (Phi) is 6.83. The van der Waals surface area contributed by atoms with Gasteiger partial charge in [-0.2, -0.15) is 0 Å². The molecule has 1 aromatic heterocycles. The fourth-order valence-corrected chi connectivity index (χ4v) is 2.14. The maximum Gasteiger partial charge on any atom is 0.168 e. The number of hydrogen-bond donors (Lipinski definition) is 1. The molecule has 0 aromatic carbocycles. The summed E-state index contributed by atoms with van der Waals surface area (Å²) in [7, 11) is 0. The molecule has 3 heteroatoms. The average molecular weight is 278 g/mol. The summed E-state index contributed by atoms with van der Waals surface area (Å²) in [6.45, 7) is 11.8. The van der Waals surface area contributed by atoms with Gasteiger partial charge in [-0.1, -0.05) is 40.0 Å². The van der Waals surface area contributed by atoms with Gasteiger partial charge in [0.15, 0.2) is 11.6 Å². The van der Waals surface area contributed by atoms with Crippen LogP contribution < -0.4 is 10.1 Å². The summed E-state index contributed by atoms with van der Waals surface area (Å²) in [5, 5.41) is 3.45. The Labute approximate surface area is 124 Å². The first-order valence-electron chi connectivity index (χ1n) is 7.80. The zero-order chi connectivity index (χ0) is 15.0. The lowest BCUT2D eigenvalue weighted by Gasteiger charge is -2.26. The molecule has 20 heavy (non-hydrogen) atoms. The van der Waals surface area contributed by atoms with Crippen molar-refractivity contribution < 1.29 is 4.74 Å². The maximum atomic E-state index is 5.78. The lowest BCUT2D eigenvalue weighted by molar-refractivity contribution is 0.242. The molecular weight excluding hydrogens is 248 g/mol. The van der Waals surface area contributed by atoms with Crippen molar-refractivity contribution in [1.82, 2.24) is 4.98 Å². The van der Waals surface area contributed by atoms with Crippen molar-refractivity contribution in [3.63, 3.8) is 0 Å². The molecule has 0 bridgehead atoms. The molecular formula is C17H30N2O. The van der Waals surface area contributed by atoms with Crippen molar-refractivity contribution in [2.24, 2.45) is 5.41 Å². The fraction of sp³-hybridized carbons (Fsp3) is 0.706. The van der Waals surface area contributed by atoms with Crippen LogP contribution >= 0.6 is 0 Å². The number of anilines is 1. The molecule has 1 heterocycles. The first-order chi connectivity index (χ1) is 9.44. The van der Waals surface area contributed by atoms with E-state index in [0.717, 1.165) is 18.1 Å². The van der Waals surface area contributed by atoms with E-state index in [0.29, 0.717) is 0 Å². The monoisotopic (exact) mass is 278 g/mol. The highest BCUT2D eigenvalue weighted by atomic mass is 16.5. The van der Waals surface area contributed by atoms with Crippen molar-refractivity contribution in [3.8, 4) is 5.75 Å². The molecule has 0 aliphatic carbocycles. The molecule has 1 aromatic rings. The van der Waals surface area contributed by atoms with E-state index in [1.807, 2.05) is 26.0 Å². The van der Waals surface area contributed by atoms with E-state index in [2.05, 4.69) is 31.1 Å². The number of ether oxygens (including phenoxy) is 1. The van der Waals surface area contributed by atoms with Crippen LogP contribution in [0.5, 0.6) is 5.75 Å². The quantitative estimate of drug-likeness (QED) is 0.653. The van der Waals surface area contributed by atoms with Crippen molar-refractivity contribution in [3.05, 3.63) is 18.3 Å². The zero-order valence-electron chi connectivity index (χ0n) is 13.7. The molecule has 0 unspecified atom stereocenters. The normalized spacial score (nSPS) is 11.7. The van der Waals surface area contributed by atoms with E-state index in [-0.39, 0.29) is 11.5 Å². The molecule has 0 atom stereocenters. The van der Waals surface area contributed by atoms with Gasteiger partial charge in [-0.25, -0.2) is 4.98 Å². The molecule has 0 fully saturated rings. The average Bonchev–Trinajstić information content (AvgIpc) is 2.37. The molecule has 114 valence electrons. The largest absolute Gasteiger partial charge is 0.487 e. The van der Waals surface area contributed by atoms with Crippen LogP contribution in [0.25, 0.3) is 0 Å². The number of aromatic nitrogens is 1. The van der Waals surface area contributed by atoms with Crippen molar-refractivity contribution in [2.45, 2.75) is 66.4 Å². The van der Waals surface area contributed by atoms with Gasteiger partial charge in [-0.3, -0.25) is 0 Å². The van der Waals surface area contributed by atoms with Gasteiger partial charge < -0.3 is 10.1 Å². The van der Waals surface area contributed by atoms with Crippen LogP contribution in [0.3, 0.4) is 0 Å². The Morgan fingerprint density at radius 1 is 1.30 bits per heavy atom. The number of nitrogens with one attached hydrogen (secondary N) is 1. The molecule has 0 amide bonds. The summed E-state index contributed by atoms with van der Waals surface area (Å²) in [5.41, 5.74) is 0.280. The summed E-state index contributed by atoms with van der Waals surface area (Å²) in [4.78, 5) is 4.40. The van der Waals surface area contributed by atoms with Crippen LogP contribution in [0.4, 0.5) is 5.82 Å². The van der Waals surface area contributed by atoms with E-state index in [1.54, 1.807) is 6.20 Å². The Bertz CT molecular complexity index is 388. The van der Waals surface area contributed by atoms with E-state index >= 15 is 0 Å². The summed E-state index contributed by atoms with van der Waals surface area (Å²) in [5.74, 6) is 1.69. The highest BCUT2D eigenvalue weighted by molar-refractivity contribution is 5.49. The van der Waals surface area contributed by atoms with E-state index in [4.69, 9.17) is 4.74 Å². The topological polar surface area (TPSA) is 34.2 Å². The Morgan fingerprint density at radius 2 is 2.05 bits per heavy atom. The van der Waals surface area contributed by atoms with Gasteiger partial charge in [0, 0.05) is 12.7 Å². The first kappa shape index (κ1) is 16.8. The Morgan fingerprint density at radius 3 is 2.70 bits per heavy atom. The molecule has 1 N–H and O–H groups in total. The third-order valence-electron chi connectivity index (χ3n) is 3.32. The third kappa shape index (κ3) is 6.27. The first-order valence-corrected chi connectivity index (χ1v) is 7.80. The molecule has 0 radical (unpaired) electrons. The number of hydrogen-bond acceptors (Lipinski definition) is 3. The molecule has 0 saturated heterocycles. The third-order valence-corrected chi connectivity index (χ3v) is 3.32. The summed E-state index contributed by atoms with van der Waals surface area (Å²) >= 11 is 0. The van der Waals surface area contributed by atoms with Gasteiger partial charge in [-0.15, -0.1) is 0 Å². The maximum absolute atomic E-state index is 5.78. The summed E-state index contributed by atoms with van der Waals surface area (Å²) < 4.78 is 5.78. The van der Waals surface area contributed by atoms with E-state index in [1.165, 1.54) is 25.7 Å². The Balaban J connectivity index is 2.55. The van der Waals surface area contributed by atoms with Gasteiger partial charge in [0.1, 0.15) is 0 Å². The number of unbranched alkanes of at least 4 members (excludes halogenated alkanes) is 2. The van der Waals surface area contributed by atoms with Gasteiger partial charge in [0.25, 0.3) is 0 Å². The van der Waals surface area contributed by atoms with Crippen LogP contribution in [0.15, 0.2) is 18.3 Å². The van der Waals surface area contributed by atoms with Crippen molar-refractivity contribution in [2.75, 3.05) is 11.9 Å². The highest BCUT2D eigenvalue weighted by Crippen LogP contribution is 2.27. The van der Waals surface area contributed by atoms with E-state index < -0.39 is 0 Å². The van der Waals surface area contributed by atoms with Crippen LogP contribution in [-0.2, 0) is 0 Å². The molecule has 0 spiro atoms. The van der Waals surface area contributed by atoms with Crippen molar-refractivity contribution in [1.29, 1.82) is 0 Å². The number of pyridine rings is 1. The van der Waals surface area contributed by atoms with Crippen LogP contribution in [0, 0.1) is 5.41 Å². The molecule has 1 rings (SSSR count). The Hall–Kier alpha value is -1.25. The number of nitrogens with zero attached hydrogens (tertiary/aromatic N) is 1. The van der Waals surface area contributed by atoms with Crippen LogP contribution in [0.2, 0.25) is 0 Å². The minimum Gasteiger partial charge on any atom is -0.487 e. The van der Waals surface area contributed by atoms with Crippen molar-refractivity contribution >= 4 is 5.82 Å². The van der Waals surface area contributed by atoms with Gasteiger partial charge >= 0.3 is 0 Å². The minimum atomic E-state index is 0.164. The smallest absolute Gasteiger partial charge is 0.168 e.